The number of carbonyl (C=O) groups is 1. The van der Waals surface area contributed by atoms with Gasteiger partial charge in [-0.2, -0.15) is 0 Å². The van der Waals surface area contributed by atoms with Gasteiger partial charge in [0.2, 0.25) is 5.91 Å². The van der Waals surface area contributed by atoms with Gasteiger partial charge in [0.25, 0.3) is 0 Å². The molecule has 0 radical (unpaired) electrons. The highest BCUT2D eigenvalue weighted by molar-refractivity contribution is 5.83. The molecule has 0 amide bonds. The Kier molecular flexibility index (Phi) is 3.64. The summed E-state index contributed by atoms with van der Waals surface area (Å²) in [6.45, 7) is 2.06. The molecule has 1 unspecified atom stereocenters. The summed E-state index contributed by atoms with van der Waals surface area (Å²) >= 11 is 0. The fourth-order valence-electron chi connectivity index (χ4n) is 1.25. The Labute approximate surface area is 78.0 Å². The second kappa shape index (κ2) is 4.77. The van der Waals surface area contributed by atoms with Gasteiger partial charge in [-0.15, -0.1) is 0 Å². The normalized spacial score (nSPS) is 12.8. The Morgan fingerprint density at radius 3 is 2.92 bits per heavy atom. The fourth-order valence-corrected chi connectivity index (χ4v) is 1.25. The third kappa shape index (κ3) is 2.39. The number of hydrogen-bond donors (Lipinski definition) is 1. The van der Waals surface area contributed by atoms with E-state index in [0.717, 1.165) is 12.8 Å². The minimum atomic E-state index is -0.0980. The molecule has 1 aromatic rings. The molecule has 0 fully saturated rings. The Hall–Kier alpha value is -1.16. The molecule has 0 spiro atoms. The van der Waals surface area contributed by atoms with Crippen molar-refractivity contribution in [1.82, 2.24) is 14.9 Å². The van der Waals surface area contributed by atoms with Crippen LogP contribution in [0.25, 0.3) is 0 Å². The van der Waals surface area contributed by atoms with E-state index in [0.29, 0.717) is 0 Å². The van der Waals surface area contributed by atoms with Crippen molar-refractivity contribution in [3.63, 3.8) is 0 Å². The van der Waals surface area contributed by atoms with Crippen molar-refractivity contribution in [3.05, 3.63) is 18.7 Å². The molecule has 1 atom stereocenters. The van der Waals surface area contributed by atoms with Gasteiger partial charge in [-0.05, 0) is 13.5 Å². The van der Waals surface area contributed by atoms with E-state index in [4.69, 9.17) is 0 Å². The number of hydrogen-bond acceptors (Lipinski definition) is 3. The molecule has 13 heavy (non-hydrogen) atoms. The van der Waals surface area contributed by atoms with Crippen LogP contribution < -0.4 is 5.32 Å². The van der Waals surface area contributed by atoms with E-state index in [1.54, 1.807) is 19.4 Å². The minimum Gasteiger partial charge on any atom is -0.309 e. The molecule has 4 nitrogen and oxygen atoms in total. The average Bonchev–Trinajstić information content (AvgIpc) is 2.65. The maximum absolute atomic E-state index is 11.7. The maximum atomic E-state index is 11.7. The fraction of sp³-hybridized carbons (Fsp3) is 0.556. The van der Waals surface area contributed by atoms with Gasteiger partial charge in [-0.1, -0.05) is 13.3 Å². The third-order valence-corrected chi connectivity index (χ3v) is 1.98. The van der Waals surface area contributed by atoms with Crippen LogP contribution in [0.1, 0.15) is 24.6 Å². The van der Waals surface area contributed by atoms with Crippen LogP contribution in [0.4, 0.5) is 0 Å². The van der Waals surface area contributed by atoms with Crippen molar-refractivity contribution in [2.24, 2.45) is 0 Å². The van der Waals surface area contributed by atoms with Gasteiger partial charge in [0.05, 0.1) is 6.04 Å². The van der Waals surface area contributed by atoms with Gasteiger partial charge in [-0.3, -0.25) is 9.36 Å². The molecule has 72 valence electrons. The summed E-state index contributed by atoms with van der Waals surface area (Å²) in [4.78, 5) is 15.5. The van der Waals surface area contributed by atoms with Gasteiger partial charge < -0.3 is 5.32 Å². The molecule has 0 aliphatic rings. The zero-order valence-electron chi connectivity index (χ0n) is 8.03. The molecule has 1 aromatic heterocycles. The number of imidazole rings is 1. The van der Waals surface area contributed by atoms with Crippen molar-refractivity contribution in [1.29, 1.82) is 0 Å². The van der Waals surface area contributed by atoms with E-state index in [1.165, 1.54) is 10.9 Å². The SMILES string of the molecule is CCCC(NC)C(=O)n1ccnc1. The van der Waals surface area contributed by atoms with Crippen LogP contribution >= 0.6 is 0 Å². The summed E-state index contributed by atoms with van der Waals surface area (Å²) < 4.78 is 1.51. The van der Waals surface area contributed by atoms with E-state index < -0.39 is 0 Å². The predicted octanol–water partition coefficient (Wildman–Crippen LogP) is 0.911. The Bertz CT molecular complexity index is 256. The number of aromatic nitrogens is 2. The van der Waals surface area contributed by atoms with Crippen LogP contribution in [0.5, 0.6) is 0 Å². The van der Waals surface area contributed by atoms with Crippen LogP contribution in [0, 0.1) is 0 Å². The van der Waals surface area contributed by atoms with E-state index in [9.17, 15) is 4.79 Å². The van der Waals surface area contributed by atoms with Crippen molar-refractivity contribution in [3.8, 4) is 0 Å². The van der Waals surface area contributed by atoms with Gasteiger partial charge in [-0.25, -0.2) is 4.98 Å². The molecule has 1 heterocycles. The predicted molar refractivity (Wildman–Crippen MR) is 50.6 cm³/mol. The molecule has 0 aromatic carbocycles. The average molecular weight is 181 g/mol. The Balaban J connectivity index is 2.65. The van der Waals surface area contributed by atoms with E-state index in [1.807, 2.05) is 0 Å². The molecule has 1 rings (SSSR count). The summed E-state index contributed by atoms with van der Waals surface area (Å²) in [5.41, 5.74) is 0. The minimum absolute atomic E-state index is 0.0573. The third-order valence-electron chi connectivity index (χ3n) is 1.98. The van der Waals surface area contributed by atoms with Crippen molar-refractivity contribution in [2.45, 2.75) is 25.8 Å². The van der Waals surface area contributed by atoms with Crippen LogP contribution in [-0.2, 0) is 0 Å². The monoisotopic (exact) mass is 181 g/mol. The molecular formula is C9H15N3O. The quantitative estimate of drug-likeness (QED) is 0.751. The van der Waals surface area contributed by atoms with Crippen molar-refractivity contribution < 1.29 is 4.79 Å². The lowest BCUT2D eigenvalue weighted by Crippen LogP contribution is -2.36. The van der Waals surface area contributed by atoms with Gasteiger partial charge >= 0.3 is 0 Å². The lowest BCUT2D eigenvalue weighted by Gasteiger charge is -2.13. The zero-order chi connectivity index (χ0) is 9.68. The van der Waals surface area contributed by atoms with E-state index in [2.05, 4.69) is 17.2 Å². The van der Waals surface area contributed by atoms with E-state index in [-0.39, 0.29) is 11.9 Å². The number of rotatable bonds is 4. The smallest absolute Gasteiger partial charge is 0.248 e. The first-order chi connectivity index (χ1) is 6.29. The van der Waals surface area contributed by atoms with Crippen molar-refractivity contribution in [2.75, 3.05) is 7.05 Å². The second-order valence-electron chi connectivity index (χ2n) is 2.94. The number of carbonyl (C=O) groups excluding carboxylic acids is 1. The molecule has 0 aliphatic carbocycles. The first-order valence-electron chi connectivity index (χ1n) is 4.49. The van der Waals surface area contributed by atoms with Crippen LogP contribution in [0.3, 0.4) is 0 Å². The van der Waals surface area contributed by atoms with Gasteiger partial charge in [0.1, 0.15) is 6.33 Å². The van der Waals surface area contributed by atoms with Crippen molar-refractivity contribution >= 4 is 5.91 Å². The summed E-state index contributed by atoms with van der Waals surface area (Å²) in [6, 6.07) is -0.0980. The highest BCUT2D eigenvalue weighted by atomic mass is 16.2. The Morgan fingerprint density at radius 1 is 1.69 bits per heavy atom. The topological polar surface area (TPSA) is 46.9 Å². The zero-order valence-corrected chi connectivity index (χ0v) is 8.03. The summed E-state index contributed by atoms with van der Waals surface area (Å²) in [5.74, 6) is 0.0573. The summed E-state index contributed by atoms with van der Waals surface area (Å²) in [6.07, 6.45) is 6.65. The number of nitrogens with zero attached hydrogens (tertiary/aromatic N) is 2. The number of nitrogens with one attached hydrogen (secondary N) is 1. The maximum Gasteiger partial charge on any atom is 0.248 e. The van der Waals surface area contributed by atoms with Crippen LogP contribution in [0.2, 0.25) is 0 Å². The first kappa shape index (κ1) is 9.92. The van der Waals surface area contributed by atoms with Crippen LogP contribution in [0.15, 0.2) is 18.7 Å². The summed E-state index contributed by atoms with van der Waals surface area (Å²) in [7, 11) is 1.80. The molecule has 1 N–H and O–H groups in total. The molecule has 0 saturated carbocycles. The molecule has 4 heteroatoms. The first-order valence-corrected chi connectivity index (χ1v) is 4.49. The lowest BCUT2D eigenvalue weighted by molar-refractivity contribution is 0.0858. The molecule has 0 bridgehead atoms. The highest BCUT2D eigenvalue weighted by Gasteiger charge is 2.15. The molecular weight excluding hydrogens is 166 g/mol. The largest absolute Gasteiger partial charge is 0.309 e. The van der Waals surface area contributed by atoms with E-state index >= 15 is 0 Å². The lowest BCUT2D eigenvalue weighted by atomic mass is 10.1. The second-order valence-corrected chi connectivity index (χ2v) is 2.94. The van der Waals surface area contributed by atoms with Crippen LogP contribution in [-0.4, -0.2) is 28.5 Å². The summed E-state index contributed by atoms with van der Waals surface area (Å²) in [5, 5.41) is 2.99. The number of likely N-dealkylation sites (N-methyl/N-ethyl adjacent to an activating group) is 1. The van der Waals surface area contributed by atoms with Gasteiger partial charge in [0, 0.05) is 12.4 Å². The standard InChI is InChI=1S/C9H15N3O/c1-3-4-8(10-2)9(13)12-6-5-11-7-12/h5-8,10H,3-4H2,1-2H3. The van der Waals surface area contributed by atoms with Gasteiger partial charge in [0.15, 0.2) is 0 Å². The molecule has 0 saturated heterocycles. The highest BCUT2D eigenvalue weighted by Crippen LogP contribution is 2.00. The Morgan fingerprint density at radius 2 is 2.46 bits per heavy atom. The molecule has 0 aliphatic heterocycles.